The van der Waals surface area contributed by atoms with Crippen LogP contribution >= 0.6 is 0 Å². The Morgan fingerprint density at radius 2 is 1.15 bits per heavy atom. The van der Waals surface area contributed by atoms with E-state index in [0.29, 0.717) is 6.42 Å². The summed E-state index contributed by atoms with van der Waals surface area (Å²) < 4.78 is 33.4. The normalized spacial score (nSPS) is 46.2. The van der Waals surface area contributed by atoms with Crippen molar-refractivity contribution in [2.24, 2.45) is 0 Å². The fourth-order valence-corrected chi connectivity index (χ4v) is 4.82. The number of hydrogen-bond donors (Lipinski definition) is 10. The van der Waals surface area contributed by atoms with Gasteiger partial charge in [0.15, 0.2) is 18.9 Å². The highest BCUT2D eigenvalue weighted by atomic mass is 16.8. The molecule has 10 N–H and O–H groups in total. The van der Waals surface area contributed by atoms with Gasteiger partial charge in [-0.25, -0.2) is 0 Å². The van der Waals surface area contributed by atoms with Crippen molar-refractivity contribution in [3.63, 3.8) is 0 Å². The predicted molar refractivity (Wildman–Crippen MR) is 127 cm³/mol. The second-order valence-corrected chi connectivity index (χ2v) is 9.92. The summed E-state index contributed by atoms with van der Waals surface area (Å²) in [5, 5.41) is 94.6. The fraction of sp³-hybridized carbons (Fsp3) is 0.957. The minimum absolute atomic E-state index is 0.224. The van der Waals surface area contributed by atoms with Crippen LogP contribution in [0.3, 0.4) is 0 Å². The number of rotatable bonds is 11. The van der Waals surface area contributed by atoms with Crippen LogP contribution in [-0.4, -0.2) is 170 Å². The first-order chi connectivity index (χ1) is 19.0. The number of ether oxygens (including phenoxy) is 6. The van der Waals surface area contributed by atoms with Gasteiger partial charge >= 0.3 is 0 Å². The molecule has 0 bridgehead atoms. The molecule has 0 spiro atoms. The number of nitrogens with one attached hydrogen (secondary N) is 1. The molecule has 17 nitrogen and oxygen atoms in total. The molecule has 3 heterocycles. The molecule has 0 saturated carbocycles. The molecule has 0 aromatic carbocycles. The van der Waals surface area contributed by atoms with Crippen LogP contribution in [0.15, 0.2) is 0 Å². The predicted octanol–water partition coefficient (Wildman–Crippen LogP) is -5.99. The number of aliphatic hydroxyl groups excluding tert-OH is 9. The maximum Gasteiger partial charge on any atom is 0.217 e. The van der Waals surface area contributed by atoms with Crippen molar-refractivity contribution in [3.8, 4) is 0 Å². The Hall–Kier alpha value is -1.13. The summed E-state index contributed by atoms with van der Waals surface area (Å²) in [6.45, 7) is 1.06. The van der Waals surface area contributed by atoms with E-state index in [9.17, 15) is 50.8 Å². The quantitative estimate of drug-likeness (QED) is 0.108. The van der Waals surface area contributed by atoms with Crippen LogP contribution in [0.5, 0.6) is 0 Å². The second-order valence-electron chi connectivity index (χ2n) is 9.92. The molecule has 15 unspecified atom stereocenters. The number of amides is 1. The highest BCUT2D eigenvalue weighted by molar-refractivity contribution is 5.73. The minimum Gasteiger partial charge on any atom is -0.394 e. The number of carbonyl (C=O) groups is 1. The van der Waals surface area contributed by atoms with E-state index >= 15 is 0 Å². The van der Waals surface area contributed by atoms with Gasteiger partial charge in [0.2, 0.25) is 5.91 Å². The molecule has 3 aliphatic rings. The first-order valence-corrected chi connectivity index (χ1v) is 13.1. The van der Waals surface area contributed by atoms with Gasteiger partial charge in [0.25, 0.3) is 0 Å². The topological polar surface area (TPSA) is 267 Å². The van der Waals surface area contributed by atoms with Crippen LogP contribution in [0.25, 0.3) is 0 Å². The zero-order chi connectivity index (χ0) is 29.7. The van der Waals surface area contributed by atoms with Gasteiger partial charge in [0.1, 0.15) is 73.2 Å². The highest BCUT2D eigenvalue weighted by Gasteiger charge is 2.53. The summed E-state index contributed by atoms with van der Waals surface area (Å²) in [6.07, 6.45) is -21.5. The second kappa shape index (κ2) is 14.9. The molecule has 15 atom stereocenters. The molecule has 0 aromatic heterocycles. The molecule has 3 rings (SSSR count). The lowest BCUT2D eigenvalue weighted by atomic mass is 9.95. The van der Waals surface area contributed by atoms with E-state index in [1.807, 2.05) is 6.92 Å². The van der Waals surface area contributed by atoms with Crippen molar-refractivity contribution in [3.05, 3.63) is 0 Å². The molecule has 40 heavy (non-hydrogen) atoms. The average Bonchev–Trinajstić information content (AvgIpc) is 2.93. The smallest absolute Gasteiger partial charge is 0.217 e. The van der Waals surface area contributed by atoms with Crippen molar-refractivity contribution >= 4 is 5.91 Å². The Morgan fingerprint density at radius 3 is 1.65 bits per heavy atom. The molecule has 17 heteroatoms. The van der Waals surface area contributed by atoms with Crippen molar-refractivity contribution < 1.29 is 79.2 Å². The first-order valence-electron chi connectivity index (χ1n) is 13.1. The van der Waals surface area contributed by atoms with Gasteiger partial charge in [0, 0.05) is 13.5 Å². The van der Waals surface area contributed by atoms with E-state index in [1.54, 1.807) is 0 Å². The van der Waals surface area contributed by atoms with E-state index in [-0.39, 0.29) is 6.61 Å². The summed E-state index contributed by atoms with van der Waals surface area (Å²) in [6, 6.07) is -1.14. The zero-order valence-corrected chi connectivity index (χ0v) is 22.1. The molecule has 0 radical (unpaired) electrons. The molecular formula is C23H41NO16. The maximum atomic E-state index is 11.8. The van der Waals surface area contributed by atoms with Crippen LogP contribution < -0.4 is 5.32 Å². The van der Waals surface area contributed by atoms with Crippen molar-refractivity contribution in [1.82, 2.24) is 5.32 Å². The first kappa shape index (κ1) is 33.4. The van der Waals surface area contributed by atoms with E-state index < -0.39 is 118 Å². The van der Waals surface area contributed by atoms with E-state index in [4.69, 9.17) is 28.4 Å². The van der Waals surface area contributed by atoms with Crippen LogP contribution in [0.2, 0.25) is 0 Å². The summed E-state index contributed by atoms with van der Waals surface area (Å²) >= 11 is 0. The Morgan fingerprint density at radius 1 is 0.675 bits per heavy atom. The van der Waals surface area contributed by atoms with Crippen LogP contribution in [0.4, 0.5) is 0 Å². The zero-order valence-electron chi connectivity index (χ0n) is 22.1. The van der Waals surface area contributed by atoms with Gasteiger partial charge in [-0.15, -0.1) is 0 Å². The lowest BCUT2D eigenvalue weighted by molar-refractivity contribution is -0.374. The molecule has 0 aliphatic carbocycles. The standard InChI is InChI=1S/C23H41NO16/c1-3-4-35-21-12(24-8(2)28)14(30)19(10(6-26)37-21)39-23-18(34)16(32)20(11(7-27)38-23)40-22-17(33)15(31)13(29)9(5-25)36-22/h9-23,25-27,29-34H,3-7H2,1-2H3,(H,24,28). The van der Waals surface area contributed by atoms with Crippen molar-refractivity contribution in [2.75, 3.05) is 26.4 Å². The Bertz CT molecular complexity index is 790. The summed E-state index contributed by atoms with van der Waals surface area (Å²) in [4.78, 5) is 11.8. The van der Waals surface area contributed by atoms with Crippen molar-refractivity contribution in [2.45, 2.75) is 112 Å². The minimum atomic E-state index is -1.89. The molecule has 3 aliphatic heterocycles. The molecule has 234 valence electrons. The Balaban J connectivity index is 1.75. The highest BCUT2D eigenvalue weighted by Crippen LogP contribution is 2.32. The van der Waals surface area contributed by atoms with Gasteiger partial charge in [-0.2, -0.15) is 0 Å². The van der Waals surface area contributed by atoms with E-state index in [1.165, 1.54) is 6.92 Å². The summed E-state index contributed by atoms with van der Waals surface area (Å²) in [5.41, 5.74) is 0. The Kier molecular flexibility index (Phi) is 12.4. The van der Waals surface area contributed by atoms with Gasteiger partial charge in [-0.3, -0.25) is 4.79 Å². The van der Waals surface area contributed by atoms with Crippen LogP contribution in [0.1, 0.15) is 20.3 Å². The van der Waals surface area contributed by atoms with Crippen LogP contribution in [0, 0.1) is 0 Å². The Labute approximate surface area is 229 Å². The SMILES string of the molecule is CCCOC1OC(CO)C(OC2OC(CO)C(OC3OC(CO)C(O)C(O)C3O)C(O)C2O)C(O)C1NC(C)=O. The van der Waals surface area contributed by atoms with Gasteiger partial charge in [-0.05, 0) is 6.42 Å². The third-order valence-electron chi connectivity index (χ3n) is 6.96. The van der Waals surface area contributed by atoms with Crippen LogP contribution in [-0.2, 0) is 33.2 Å². The monoisotopic (exact) mass is 587 g/mol. The maximum absolute atomic E-state index is 11.8. The van der Waals surface area contributed by atoms with E-state index in [0.717, 1.165) is 0 Å². The lowest BCUT2D eigenvalue weighted by Gasteiger charge is -2.48. The molecule has 1 amide bonds. The number of hydrogen-bond acceptors (Lipinski definition) is 16. The molecular weight excluding hydrogens is 546 g/mol. The molecule has 0 aromatic rings. The summed E-state index contributed by atoms with van der Waals surface area (Å²) in [5.74, 6) is -0.517. The lowest BCUT2D eigenvalue weighted by Crippen LogP contribution is -2.68. The third kappa shape index (κ3) is 7.25. The number of carbonyl (C=O) groups excluding carboxylic acids is 1. The average molecular weight is 588 g/mol. The number of aliphatic hydroxyl groups is 9. The molecule has 3 fully saturated rings. The third-order valence-corrected chi connectivity index (χ3v) is 6.96. The molecule has 3 saturated heterocycles. The largest absolute Gasteiger partial charge is 0.394 e. The van der Waals surface area contributed by atoms with E-state index in [2.05, 4.69) is 5.32 Å². The van der Waals surface area contributed by atoms with Gasteiger partial charge in [-0.1, -0.05) is 6.92 Å². The fourth-order valence-electron chi connectivity index (χ4n) is 4.82. The van der Waals surface area contributed by atoms with Gasteiger partial charge < -0.3 is 79.7 Å². The van der Waals surface area contributed by atoms with Gasteiger partial charge in [0.05, 0.1) is 19.8 Å². The summed E-state index contributed by atoms with van der Waals surface area (Å²) in [7, 11) is 0. The van der Waals surface area contributed by atoms with Crippen molar-refractivity contribution in [1.29, 1.82) is 0 Å².